The third kappa shape index (κ3) is 4.51. The highest BCUT2D eigenvalue weighted by Gasteiger charge is 2.11. The van der Waals surface area contributed by atoms with Crippen molar-refractivity contribution < 1.29 is 4.79 Å². The van der Waals surface area contributed by atoms with Crippen molar-refractivity contribution in [3.05, 3.63) is 51.1 Å². The Labute approximate surface area is 142 Å². The van der Waals surface area contributed by atoms with Gasteiger partial charge in [-0.1, -0.05) is 34.8 Å². The summed E-state index contributed by atoms with van der Waals surface area (Å²) in [5.74, 6) is 0.382. The molecule has 0 atom stereocenters. The minimum absolute atomic E-state index is 0.189. The molecule has 1 aromatic heterocycles. The number of carbonyl (C=O) groups is 1. The third-order valence-electron chi connectivity index (χ3n) is 2.64. The van der Waals surface area contributed by atoms with Crippen LogP contribution in [0.25, 0.3) is 0 Å². The van der Waals surface area contributed by atoms with Crippen molar-refractivity contribution in [1.29, 1.82) is 0 Å². The quantitative estimate of drug-likeness (QED) is 0.772. The Hall–Kier alpha value is -0.940. The first-order chi connectivity index (χ1) is 9.97. The highest BCUT2D eigenvalue weighted by molar-refractivity contribution is 8.00. The van der Waals surface area contributed by atoms with Crippen LogP contribution in [0.1, 0.15) is 5.56 Å². The third-order valence-corrected chi connectivity index (χ3v) is 4.75. The van der Waals surface area contributed by atoms with E-state index >= 15 is 0 Å². The smallest absolute Gasteiger partial charge is 0.235 e. The zero-order chi connectivity index (χ0) is 15.4. The van der Waals surface area contributed by atoms with Crippen molar-refractivity contribution in [1.82, 2.24) is 4.98 Å². The maximum Gasteiger partial charge on any atom is 0.235 e. The molecule has 0 aliphatic heterocycles. The predicted octanol–water partition coefficient (Wildman–Crippen LogP) is 5.08. The first-order valence-corrected chi connectivity index (χ1v) is 8.08. The lowest BCUT2D eigenvalue weighted by molar-refractivity contribution is -0.113. The molecule has 1 aromatic carbocycles. The Morgan fingerprint density at radius 2 is 1.90 bits per heavy atom. The SMILES string of the molecule is Cc1c(Cl)cnc(NC(=O)CSc2ccc(Cl)cc2)c1Cl. The number of carbonyl (C=O) groups excluding carboxylic acids is 1. The van der Waals surface area contributed by atoms with Crippen molar-refractivity contribution in [2.45, 2.75) is 11.8 Å². The van der Waals surface area contributed by atoms with Gasteiger partial charge in [0.05, 0.1) is 15.8 Å². The molecule has 110 valence electrons. The van der Waals surface area contributed by atoms with Gasteiger partial charge < -0.3 is 5.32 Å². The number of nitrogens with one attached hydrogen (secondary N) is 1. The molecule has 21 heavy (non-hydrogen) atoms. The molecule has 0 unspecified atom stereocenters. The van der Waals surface area contributed by atoms with Gasteiger partial charge in [-0.05, 0) is 36.8 Å². The van der Waals surface area contributed by atoms with E-state index in [1.165, 1.54) is 18.0 Å². The van der Waals surface area contributed by atoms with Gasteiger partial charge in [0.15, 0.2) is 5.82 Å². The number of benzene rings is 1. The normalized spacial score (nSPS) is 10.5. The fourth-order valence-corrected chi connectivity index (χ4v) is 2.71. The summed E-state index contributed by atoms with van der Waals surface area (Å²) in [6.45, 7) is 1.77. The highest BCUT2D eigenvalue weighted by atomic mass is 35.5. The summed E-state index contributed by atoms with van der Waals surface area (Å²) < 4.78 is 0. The standard InChI is InChI=1S/C14H11Cl3N2OS/c1-8-11(16)6-18-14(13(8)17)19-12(20)7-21-10-4-2-9(15)3-5-10/h2-6H,7H2,1H3,(H,18,19,20). The van der Waals surface area contributed by atoms with Crippen LogP contribution in [0.5, 0.6) is 0 Å². The van der Waals surface area contributed by atoms with Crippen molar-refractivity contribution in [2.24, 2.45) is 0 Å². The molecular formula is C14H11Cl3N2OS. The van der Waals surface area contributed by atoms with E-state index in [9.17, 15) is 4.79 Å². The molecule has 1 heterocycles. The van der Waals surface area contributed by atoms with Crippen LogP contribution in [0, 0.1) is 6.92 Å². The van der Waals surface area contributed by atoms with Gasteiger partial charge in [-0.15, -0.1) is 11.8 Å². The first-order valence-electron chi connectivity index (χ1n) is 5.96. The highest BCUT2D eigenvalue weighted by Crippen LogP contribution is 2.29. The van der Waals surface area contributed by atoms with Crippen LogP contribution in [0.3, 0.4) is 0 Å². The summed E-state index contributed by atoms with van der Waals surface area (Å²) in [7, 11) is 0. The van der Waals surface area contributed by atoms with E-state index in [1.807, 2.05) is 12.1 Å². The minimum Gasteiger partial charge on any atom is -0.309 e. The van der Waals surface area contributed by atoms with Crippen LogP contribution in [0.2, 0.25) is 15.1 Å². The van der Waals surface area contributed by atoms with Gasteiger partial charge in [0.2, 0.25) is 5.91 Å². The Morgan fingerprint density at radius 3 is 2.57 bits per heavy atom. The van der Waals surface area contributed by atoms with Crippen molar-refractivity contribution in [3.8, 4) is 0 Å². The lowest BCUT2D eigenvalue weighted by Crippen LogP contribution is -2.15. The molecule has 2 aromatic rings. The van der Waals surface area contributed by atoms with E-state index < -0.39 is 0 Å². The molecule has 2 rings (SSSR count). The Morgan fingerprint density at radius 1 is 1.24 bits per heavy atom. The van der Waals surface area contributed by atoms with Crippen LogP contribution in [0.15, 0.2) is 35.4 Å². The van der Waals surface area contributed by atoms with Crippen LogP contribution < -0.4 is 5.32 Å². The van der Waals surface area contributed by atoms with Gasteiger partial charge in [-0.3, -0.25) is 4.79 Å². The van der Waals surface area contributed by atoms with Gasteiger partial charge >= 0.3 is 0 Å². The molecule has 0 bridgehead atoms. The number of nitrogens with zero attached hydrogens (tertiary/aromatic N) is 1. The largest absolute Gasteiger partial charge is 0.309 e. The van der Waals surface area contributed by atoms with E-state index in [0.717, 1.165) is 4.90 Å². The summed E-state index contributed by atoms with van der Waals surface area (Å²) >= 11 is 19.2. The molecular weight excluding hydrogens is 351 g/mol. The van der Waals surface area contributed by atoms with E-state index in [1.54, 1.807) is 19.1 Å². The molecule has 0 spiro atoms. The molecule has 3 nitrogen and oxygen atoms in total. The van der Waals surface area contributed by atoms with Crippen LogP contribution in [0.4, 0.5) is 5.82 Å². The lowest BCUT2D eigenvalue weighted by atomic mass is 10.3. The summed E-state index contributed by atoms with van der Waals surface area (Å²) in [5.41, 5.74) is 0.689. The Balaban J connectivity index is 1.96. The molecule has 0 aliphatic rings. The number of anilines is 1. The second-order valence-corrected chi connectivity index (χ2v) is 6.45. The van der Waals surface area contributed by atoms with Crippen LogP contribution in [-0.4, -0.2) is 16.6 Å². The Kier molecular flexibility index (Phi) is 5.76. The lowest BCUT2D eigenvalue weighted by Gasteiger charge is -2.09. The number of halogens is 3. The van der Waals surface area contributed by atoms with E-state index in [4.69, 9.17) is 34.8 Å². The molecule has 0 aliphatic carbocycles. The summed E-state index contributed by atoms with van der Waals surface area (Å²) in [4.78, 5) is 16.9. The number of rotatable bonds is 4. The second-order valence-electron chi connectivity index (χ2n) is 4.18. The summed E-state index contributed by atoms with van der Waals surface area (Å²) in [6.07, 6.45) is 1.46. The molecule has 0 fully saturated rings. The molecule has 0 radical (unpaired) electrons. The van der Waals surface area contributed by atoms with Gasteiger partial charge in [-0.25, -0.2) is 4.98 Å². The maximum absolute atomic E-state index is 11.9. The van der Waals surface area contributed by atoms with Gasteiger partial charge in [0, 0.05) is 16.1 Å². The average molecular weight is 362 g/mol. The molecule has 1 amide bonds. The summed E-state index contributed by atoms with van der Waals surface area (Å²) in [6, 6.07) is 7.28. The first kappa shape index (κ1) is 16.4. The van der Waals surface area contributed by atoms with Crippen molar-refractivity contribution in [3.63, 3.8) is 0 Å². The van der Waals surface area contributed by atoms with Crippen molar-refractivity contribution >= 4 is 58.3 Å². The molecule has 1 N–H and O–H groups in total. The van der Waals surface area contributed by atoms with Gasteiger partial charge in [-0.2, -0.15) is 0 Å². The van der Waals surface area contributed by atoms with E-state index in [-0.39, 0.29) is 11.7 Å². The zero-order valence-electron chi connectivity index (χ0n) is 11.0. The molecule has 7 heteroatoms. The zero-order valence-corrected chi connectivity index (χ0v) is 14.1. The number of aromatic nitrogens is 1. The molecule has 0 saturated heterocycles. The number of thioether (sulfide) groups is 1. The fourth-order valence-electron chi connectivity index (χ4n) is 1.49. The van der Waals surface area contributed by atoms with Crippen LogP contribution in [-0.2, 0) is 4.79 Å². The second kappa shape index (κ2) is 7.36. The van der Waals surface area contributed by atoms with E-state index in [2.05, 4.69) is 10.3 Å². The monoisotopic (exact) mass is 360 g/mol. The van der Waals surface area contributed by atoms with Gasteiger partial charge in [0.1, 0.15) is 0 Å². The maximum atomic E-state index is 11.9. The molecule has 0 saturated carbocycles. The van der Waals surface area contributed by atoms with Gasteiger partial charge in [0.25, 0.3) is 0 Å². The number of hydrogen-bond donors (Lipinski definition) is 1. The number of amides is 1. The Bertz CT molecular complexity index is 662. The fraction of sp³-hybridized carbons (Fsp3) is 0.143. The van der Waals surface area contributed by atoms with E-state index in [0.29, 0.717) is 26.4 Å². The van der Waals surface area contributed by atoms with Crippen LogP contribution >= 0.6 is 46.6 Å². The topological polar surface area (TPSA) is 42.0 Å². The summed E-state index contributed by atoms with van der Waals surface area (Å²) in [5, 5.41) is 4.16. The number of hydrogen-bond acceptors (Lipinski definition) is 3. The predicted molar refractivity (Wildman–Crippen MR) is 89.8 cm³/mol. The van der Waals surface area contributed by atoms with Crippen molar-refractivity contribution in [2.75, 3.05) is 11.1 Å². The number of pyridine rings is 1. The minimum atomic E-state index is -0.189. The average Bonchev–Trinajstić information content (AvgIpc) is 2.47.